The standard InChI is InChI=1S/C14H18ClFO2/c15-14-6-3-11(16)8-10(14)9-12(17)4-5-13-2-1-7-18-13/h3,6,8,12-13,17H,1-2,4-5,7,9H2. The van der Waals surface area contributed by atoms with Crippen LogP contribution in [-0.2, 0) is 11.2 Å². The Hall–Kier alpha value is -0.640. The third kappa shape index (κ3) is 3.94. The Morgan fingerprint density at radius 1 is 1.50 bits per heavy atom. The van der Waals surface area contributed by atoms with Gasteiger partial charge in [-0.25, -0.2) is 4.39 Å². The summed E-state index contributed by atoms with van der Waals surface area (Å²) in [5, 5.41) is 10.4. The molecule has 2 rings (SSSR count). The van der Waals surface area contributed by atoms with Crippen LogP contribution >= 0.6 is 11.6 Å². The van der Waals surface area contributed by atoms with Crippen LogP contribution in [0, 0.1) is 5.82 Å². The van der Waals surface area contributed by atoms with Gasteiger partial charge in [-0.1, -0.05) is 11.6 Å². The van der Waals surface area contributed by atoms with Crippen LogP contribution in [0.3, 0.4) is 0 Å². The van der Waals surface area contributed by atoms with Gasteiger partial charge in [-0.2, -0.15) is 0 Å². The summed E-state index contributed by atoms with van der Waals surface area (Å²) in [5.41, 5.74) is 0.663. The molecule has 0 amide bonds. The molecule has 2 nitrogen and oxygen atoms in total. The fourth-order valence-corrected chi connectivity index (χ4v) is 2.50. The summed E-state index contributed by atoms with van der Waals surface area (Å²) in [6, 6.07) is 4.24. The molecule has 1 aliphatic heterocycles. The number of aliphatic hydroxyl groups excluding tert-OH is 1. The van der Waals surface area contributed by atoms with E-state index in [1.807, 2.05) is 0 Å². The average Bonchev–Trinajstić information content (AvgIpc) is 2.84. The SMILES string of the molecule is OC(CCC1CCCO1)Cc1cc(F)ccc1Cl. The van der Waals surface area contributed by atoms with Crippen LogP contribution in [0.25, 0.3) is 0 Å². The van der Waals surface area contributed by atoms with Crippen molar-refractivity contribution in [2.45, 2.75) is 44.3 Å². The first kappa shape index (κ1) is 13.8. The van der Waals surface area contributed by atoms with Crippen molar-refractivity contribution in [3.05, 3.63) is 34.6 Å². The zero-order chi connectivity index (χ0) is 13.0. The van der Waals surface area contributed by atoms with Crippen molar-refractivity contribution in [3.8, 4) is 0 Å². The van der Waals surface area contributed by atoms with Crippen LogP contribution in [0.1, 0.15) is 31.2 Å². The quantitative estimate of drug-likeness (QED) is 0.891. The first-order valence-electron chi connectivity index (χ1n) is 6.39. The molecule has 1 aromatic carbocycles. The molecule has 2 atom stereocenters. The number of halogens is 2. The molecule has 0 spiro atoms. The maximum absolute atomic E-state index is 13.1. The van der Waals surface area contributed by atoms with Gasteiger partial charge in [-0.3, -0.25) is 0 Å². The van der Waals surface area contributed by atoms with E-state index in [2.05, 4.69) is 0 Å². The maximum Gasteiger partial charge on any atom is 0.123 e. The Morgan fingerprint density at radius 3 is 3.06 bits per heavy atom. The molecular formula is C14H18ClFO2. The van der Waals surface area contributed by atoms with E-state index in [-0.39, 0.29) is 11.9 Å². The average molecular weight is 273 g/mol. The first-order chi connectivity index (χ1) is 8.65. The maximum atomic E-state index is 13.1. The lowest BCUT2D eigenvalue weighted by molar-refractivity contribution is 0.0813. The van der Waals surface area contributed by atoms with Gasteiger partial charge in [0.1, 0.15) is 5.82 Å². The van der Waals surface area contributed by atoms with Gasteiger partial charge in [0.25, 0.3) is 0 Å². The van der Waals surface area contributed by atoms with Crippen molar-refractivity contribution in [1.29, 1.82) is 0 Å². The second-order valence-electron chi connectivity index (χ2n) is 4.81. The van der Waals surface area contributed by atoms with Gasteiger partial charge in [0, 0.05) is 11.6 Å². The molecule has 100 valence electrons. The summed E-state index contributed by atoms with van der Waals surface area (Å²) in [6.45, 7) is 0.830. The fraction of sp³-hybridized carbons (Fsp3) is 0.571. The molecule has 0 aromatic heterocycles. The van der Waals surface area contributed by atoms with E-state index in [0.717, 1.165) is 25.9 Å². The highest BCUT2D eigenvalue weighted by molar-refractivity contribution is 6.31. The van der Waals surface area contributed by atoms with Crippen LogP contribution in [-0.4, -0.2) is 23.9 Å². The van der Waals surface area contributed by atoms with Gasteiger partial charge in [0.15, 0.2) is 0 Å². The molecule has 1 heterocycles. The minimum atomic E-state index is -0.492. The zero-order valence-corrected chi connectivity index (χ0v) is 11.0. The van der Waals surface area contributed by atoms with Crippen LogP contribution in [0.5, 0.6) is 0 Å². The molecule has 1 aromatic rings. The van der Waals surface area contributed by atoms with E-state index in [0.29, 0.717) is 23.4 Å². The minimum absolute atomic E-state index is 0.280. The summed E-state index contributed by atoms with van der Waals surface area (Å²) >= 11 is 5.97. The Balaban J connectivity index is 1.82. The van der Waals surface area contributed by atoms with E-state index in [1.54, 1.807) is 0 Å². The predicted octanol–water partition coefficient (Wildman–Crippen LogP) is 3.34. The number of aliphatic hydroxyl groups is 1. The van der Waals surface area contributed by atoms with Crippen molar-refractivity contribution in [3.63, 3.8) is 0 Å². The van der Waals surface area contributed by atoms with Gasteiger partial charge in [-0.05, 0) is 55.9 Å². The minimum Gasteiger partial charge on any atom is -0.393 e. The third-order valence-corrected chi connectivity index (χ3v) is 3.68. The van der Waals surface area contributed by atoms with E-state index in [4.69, 9.17) is 16.3 Å². The van der Waals surface area contributed by atoms with E-state index in [9.17, 15) is 9.50 Å². The van der Waals surface area contributed by atoms with Crippen molar-refractivity contribution in [1.82, 2.24) is 0 Å². The molecule has 18 heavy (non-hydrogen) atoms. The van der Waals surface area contributed by atoms with Gasteiger partial charge >= 0.3 is 0 Å². The topological polar surface area (TPSA) is 29.5 Å². The molecule has 0 aliphatic carbocycles. The second-order valence-corrected chi connectivity index (χ2v) is 5.21. The second kappa shape index (κ2) is 6.50. The lowest BCUT2D eigenvalue weighted by Crippen LogP contribution is -2.15. The molecular weight excluding hydrogens is 255 g/mol. The molecule has 1 N–H and O–H groups in total. The lowest BCUT2D eigenvalue weighted by atomic mass is 10.0. The molecule has 1 saturated heterocycles. The van der Waals surface area contributed by atoms with Crippen molar-refractivity contribution >= 4 is 11.6 Å². The zero-order valence-electron chi connectivity index (χ0n) is 10.2. The molecule has 2 unspecified atom stereocenters. The van der Waals surface area contributed by atoms with E-state index < -0.39 is 6.10 Å². The molecule has 0 radical (unpaired) electrons. The smallest absolute Gasteiger partial charge is 0.123 e. The largest absolute Gasteiger partial charge is 0.393 e. The summed E-state index contributed by atoms with van der Waals surface area (Å²) in [7, 11) is 0. The van der Waals surface area contributed by atoms with Gasteiger partial charge in [0.2, 0.25) is 0 Å². The Labute approximate surface area is 112 Å². The Kier molecular flexibility index (Phi) is 4.98. The fourth-order valence-electron chi connectivity index (χ4n) is 2.31. The number of rotatable bonds is 5. The van der Waals surface area contributed by atoms with Crippen LogP contribution in [0.15, 0.2) is 18.2 Å². The van der Waals surface area contributed by atoms with Crippen molar-refractivity contribution in [2.75, 3.05) is 6.61 Å². The predicted molar refractivity (Wildman–Crippen MR) is 69.3 cm³/mol. The lowest BCUT2D eigenvalue weighted by Gasteiger charge is -2.14. The van der Waals surface area contributed by atoms with Crippen molar-refractivity contribution < 1.29 is 14.2 Å². The highest BCUT2D eigenvalue weighted by Gasteiger charge is 2.17. The first-order valence-corrected chi connectivity index (χ1v) is 6.76. The van der Waals surface area contributed by atoms with Crippen LogP contribution in [0.2, 0.25) is 5.02 Å². The Morgan fingerprint density at radius 2 is 2.33 bits per heavy atom. The van der Waals surface area contributed by atoms with Gasteiger partial charge < -0.3 is 9.84 Å². The van der Waals surface area contributed by atoms with E-state index >= 15 is 0 Å². The summed E-state index contributed by atoms with van der Waals surface area (Å²) < 4.78 is 18.6. The van der Waals surface area contributed by atoms with E-state index in [1.165, 1.54) is 18.2 Å². The summed E-state index contributed by atoms with van der Waals surface area (Å²) in [6.07, 6.45) is 3.88. The number of hydrogen-bond acceptors (Lipinski definition) is 2. The van der Waals surface area contributed by atoms with Gasteiger partial charge in [-0.15, -0.1) is 0 Å². The van der Waals surface area contributed by atoms with Gasteiger partial charge in [0.05, 0.1) is 12.2 Å². The summed E-state index contributed by atoms with van der Waals surface area (Å²) in [5.74, 6) is -0.319. The number of ether oxygens (including phenoxy) is 1. The normalized spacial score (nSPS) is 21.2. The molecule has 1 fully saturated rings. The molecule has 1 aliphatic rings. The molecule has 4 heteroatoms. The number of hydrogen-bond donors (Lipinski definition) is 1. The van der Waals surface area contributed by atoms with Crippen LogP contribution < -0.4 is 0 Å². The monoisotopic (exact) mass is 272 g/mol. The Bertz CT molecular complexity index is 391. The number of benzene rings is 1. The summed E-state index contributed by atoms with van der Waals surface area (Å²) in [4.78, 5) is 0. The third-order valence-electron chi connectivity index (χ3n) is 3.31. The van der Waals surface area contributed by atoms with Crippen molar-refractivity contribution in [2.24, 2.45) is 0 Å². The molecule has 0 bridgehead atoms. The highest BCUT2D eigenvalue weighted by atomic mass is 35.5. The highest BCUT2D eigenvalue weighted by Crippen LogP contribution is 2.22. The molecule has 0 saturated carbocycles. The van der Waals surface area contributed by atoms with Crippen LogP contribution in [0.4, 0.5) is 4.39 Å².